The molecule has 5 nitrogen and oxygen atoms in total. The highest BCUT2D eigenvalue weighted by atomic mass is 79.9. The van der Waals surface area contributed by atoms with Crippen molar-refractivity contribution < 1.29 is 14.7 Å². The molecule has 19 heavy (non-hydrogen) atoms. The van der Waals surface area contributed by atoms with Crippen LogP contribution in [0.4, 0.5) is 10.5 Å². The van der Waals surface area contributed by atoms with Gasteiger partial charge in [-0.05, 0) is 48.0 Å². The number of rotatable bonds is 4. The van der Waals surface area contributed by atoms with Crippen molar-refractivity contribution in [2.45, 2.75) is 19.9 Å². The number of urea groups is 1. The molecule has 1 aromatic rings. The normalized spacial score (nSPS) is 10.4. The Morgan fingerprint density at radius 2 is 2.11 bits per heavy atom. The minimum absolute atomic E-state index is 0.216. The fourth-order valence-electron chi connectivity index (χ4n) is 1.40. The molecule has 0 aliphatic rings. The number of carbonyl (C=O) groups excluding carboxylic acids is 1. The van der Waals surface area contributed by atoms with Crippen molar-refractivity contribution in [1.82, 2.24) is 4.90 Å². The van der Waals surface area contributed by atoms with Crippen molar-refractivity contribution in [2.75, 3.05) is 11.9 Å². The van der Waals surface area contributed by atoms with Crippen molar-refractivity contribution in [3.63, 3.8) is 0 Å². The molecule has 0 aromatic heterocycles. The van der Waals surface area contributed by atoms with Crippen LogP contribution < -0.4 is 5.32 Å². The minimum Gasteiger partial charge on any atom is -0.480 e. The van der Waals surface area contributed by atoms with Gasteiger partial charge in [-0.1, -0.05) is 11.6 Å². The second-order valence-corrected chi connectivity index (χ2v) is 5.44. The Bertz CT molecular complexity index is 494. The zero-order valence-electron chi connectivity index (χ0n) is 10.5. The quantitative estimate of drug-likeness (QED) is 0.875. The van der Waals surface area contributed by atoms with Crippen LogP contribution in [-0.4, -0.2) is 34.6 Å². The van der Waals surface area contributed by atoms with E-state index in [0.29, 0.717) is 15.2 Å². The molecule has 2 N–H and O–H groups in total. The number of nitrogens with zero attached hydrogens (tertiary/aromatic N) is 1. The molecule has 104 valence electrons. The summed E-state index contributed by atoms with van der Waals surface area (Å²) in [4.78, 5) is 23.9. The number of anilines is 1. The lowest BCUT2D eigenvalue weighted by Gasteiger charge is -2.25. The van der Waals surface area contributed by atoms with Crippen LogP contribution in [-0.2, 0) is 4.79 Å². The van der Waals surface area contributed by atoms with Gasteiger partial charge in [0.25, 0.3) is 0 Å². The second kappa shape index (κ2) is 6.77. The van der Waals surface area contributed by atoms with Crippen LogP contribution in [0.1, 0.15) is 13.8 Å². The zero-order chi connectivity index (χ0) is 14.6. The molecule has 1 rings (SSSR count). The van der Waals surface area contributed by atoms with Gasteiger partial charge in [0.05, 0.1) is 5.02 Å². The Kier molecular flexibility index (Phi) is 5.62. The maximum Gasteiger partial charge on any atom is 0.323 e. The van der Waals surface area contributed by atoms with Crippen LogP contribution in [0.2, 0.25) is 5.02 Å². The lowest BCUT2D eigenvalue weighted by Crippen LogP contribution is -2.43. The number of carbonyl (C=O) groups is 2. The Hall–Kier alpha value is -1.27. The highest BCUT2D eigenvalue weighted by Crippen LogP contribution is 2.25. The van der Waals surface area contributed by atoms with Crippen molar-refractivity contribution in [1.29, 1.82) is 0 Å². The summed E-state index contributed by atoms with van der Waals surface area (Å²) in [7, 11) is 0. The molecule has 0 unspecified atom stereocenters. The molecule has 0 atom stereocenters. The first kappa shape index (κ1) is 15.8. The smallest absolute Gasteiger partial charge is 0.323 e. The van der Waals surface area contributed by atoms with E-state index in [1.807, 2.05) is 0 Å². The Balaban J connectivity index is 2.81. The summed E-state index contributed by atoms with van der Waals surface area (Å²) in [5.41, 5.74) is 0.539. The average molecular weight is 350 g/mol. The molecule has 0 saturated heterocycles. The number of benzene rings is 1. The third-order valence-corrected chi connectivity index (χ3v) is 3.57. The predicted molar refractivity (Wildman–Crippen MR) is 77.6 cm³/mol. The van der Waals surface area contributed by atoms with E-state index in [9.17, 15) is 9.59 Å². The molecule has 2 amide bonds. The highest BCUT2D eigenvalue weighted by molar-refractivity contribution is 9.10. The van der Waals surface area contributed by atoms with Crippen molar-refractivity contribution in [3.8, 4) is 0 Å². The standard InChI is InChI=1S/C12H14BrClN2O3/c1-7(2)16(6-11(17)18)12(19)15-8-3-4-10(14)9(13)5-8/h3-5,7H,6H2,1-2H3,(H,15,19)(H,17,18). The van der Waals surface area contributed by atoms with Gasteiger partial charge in [0.1, 0.15) is 6.54 Å². The van der Waals surface area contributed by atoms with E-state index in [4.69, 9.17) is 16.7 Å². The molecule has 0 spiro atoms. The molecule has 7 heteroatoms. The first-order chi connectivity index (χ1) is 8.81. The van der Waals surface area contributed by atoms with Gasteiger partial charge in [-0.2, -0.15) is 0 Å². The van der Waals surface area contributed by atoms with Crippen LogP contribution in [0, 0.1) is 0 Å². The summed E-state index contributed by atoms with van der Waals surface area (Å²) in [6.07, 6.45) is 0. The van der Waals surface area contributed by atoms with E-state index in [1.54, 1.807) is 32.0 Å². The van der Waals surface area contributed by atoms with Crippen molar-refractivity contribution >= 4 is 45.2 Å². The van der Waals surface area contributed by atoms with Gasteiger partial charge in [0.2, 0.25) is 0 Å². The summed E-state index contributed by atoms with van der Waals surface area (Å²) in [5.74, 6) is -1.05. The minimum atomic E-state index is -1.05. The van der Waals surface area contributed by atoms with Crippen LogP contribution in [0.5, 0.6) is 0 Å². The highest BCUT2D eigenvalue weighted by Gasteiger charge is 2.19. The van der Waals surface area contributed by atoms with E-state index in [0.717, 1.165) is 0 Å². The average Bonchev–Trinajstić information content (AvgIpc) is 2.30. The number of carboxylic acid groups (broad SMARTS) is 1. The number of amides is 2. The Morgan fingerprint density at radius 1 is 1.47 bits per heavy atom. The van der Waals surface area contributed by atoms with Gasteiger partial charge in [-0.15, -0.1) is 0 Å². The van der Waals surface area contributed by atoms with Gasteiger partial charge in [-0.25, -0.2) is 4.79 Å². The first-order valence-electron chi connectivity index (χ1n) is 5.55. The van der Waals surface area contributed by atoms with Crippen LogP contribution in [0.25, 0.3) is 0 Å². The summed E-state index contributed by atoms with van der Waals surface area (Å²) in [6, 6.07) is 4.25. The van der Waals surface area contributed by atoms with E-state index in [1.165, 1.54) is 4.90 Å². The zero-order valence-corrected chi connectivity index (χ0v) is 12.8. The molecule has 0 bridgehead atoms. The lowest BCUT2D eigenvalue weighted by atomic mass is 10.3. The van der Waals surface area contributed by atoms with Gasteiger partial charge < -0.3 is 15.3 Å². The van der Waals surface area contributed by atoms with Crippen LogP contribution in [0.3, 0.4) is 0 Å². The van der Waals surface area contributed by atoms with Crippen molar-refractivity contribution in [3.05, 3.63) is 27.7 Å². The van der Waals surface area contributed by atoms with Gasteiger partial charge >= 0.3 is 12.0 Å². The summed E-state index contributed by atoms with van der Waals surface area (Å²) in [6.45, 7) is 3.15. The predicted octanol–water partition coefficient (Wildman–Crippen LogP) is 3.43. The van der Waals surface area contributed by atoms with Crippen LogP contribution in [0.15, 0.2) is 22.7 Å². The van der Waals surface area contributed by atoms with Crippen molar-refractivity contribution in [2.24, 2.45) is 0 Å². The monoisotopic (exact) mass is 348 g/mol. The largest absolute Gasteiger partial charge is 0.480 e. The van der Waals surface area contributed by atoms with Crippen LogP contribution >= 0.6 is 27.5 Å². The van der Waals surface area contributed by atoms with E-state index in [-0.39, 0.29) is 12.6 Å². The molecular formula is C12H14BrClN2O3. The van der Waals surface area contributed by atoms with E-state index in [2.05, 4.69) is 21.2 Å². The molecular weight excluding hydrogens is 336 g/mol. The first-order valence-corrected chi connectivity index (χ1v) is 6.73. The third-order valence-electron chi connectivity index (χ3n) is 2.36. The summed E-state index contributed by atoms with van der Waals surface area (Å²) >= 11 is 9.10. The molecule has 0 heterocycles. The number of hydrogen-bond acceptors (Lipinski definition) is 2. The summed E-state index contributed by atoms with van der Waals surface area (Å²) in [5, 5.41) is 11.9. The Morgan fingerprint density at radius 3 is 2.58 bits per heavy atom. The fourth-order valence-corrected chi connectivity index (χ4v) is 1.90. The number of nitrogens with one attached hydrogen (secondary N) is 1. The number of aliphatic carboxylic acids is 1. The van der Waals surface area contributed by atoms with E-state index >= 15 is 0 Å². The van der Waals surface area contributed by atoms with E-state index < -0.39 is 12.0 Å². The number of carboxylic acids is 1. The molecule has 0 aliphatic carbocycles. The molecule has 1 aromatic carbocycles. The second-order valence-electron chi connectivity index (χ2n) is 4.17. The third kappa shape index (κ3) is 4.72. The molecule has 0 fully saturated rings. The summed E-state index contributed by atoms with van der Waals surface area (Å²) < 4.78 is 0.654. The maximum atomic E-state index is 12.0. The van der Waals surface area contributed by atoms with Gasteiger partial charge in [0.15, 0.2) is 0 Å². The topological polar surface area (TPSA) is 69.6 Å². The number of hydrogen-bond donors (Lipinski definition) is 2. The van der Waals surface area contributed by atoms with Gasteiger partial charge in [0, 0.05) is 16.2 Å². The SMILES string of the molecule is CC(C)N(CC(=O)O)C(=O)Nc1ccc(Cl)c(Br)c1. The molecule has 0 aliphatic heterocycles. The fraction of sp³-hybridized carbons (Fsp3) is 0.333. The lowest BCUT2D eigenvalue weighted by molar-refractivity contribution is -0.137. The molecule has 0 radical (unpaired) electrons. The van der Waals surface area contributed by atoms with Gasteiger partial charge in [-0.3, -0.25) is 4.79 Å². The number of halogens is 2. The molecule has 0 saturated carbocycles. The maximum absolute atomic E-state index is 12.0. The Labute approximate surface area is 124 Å².